The number of likely N-dealkylation sites (N-methyl/N-ethyl adjacent to an activating group) is 1. The summed E-state index contributed by atoms with van der Waals surface area (Å²) in [7, 11) is 2.17. The first-order valence-electron chi connectivity index (χ1n) is 8.24. The summed E-state index contributed by atoms with van der Waals surface area (Å²) in [6, 6.07) is 0.293. The van der Waals surface area contributed by atoms with E-state index in [1.165, 1.54) is 0 Å². The third-order valence-electron chi connectivity index (χ3n) is 4.50. The Balaban J connectivity index is 2.04. The molecule has 4 nitrogen and oxygen atoms in total. The third-order valence-corrected chi connectivity index (χ3v) is 4.50. The highest BCUT2D eigenvalue weighted by Crippen LogP contribution is 2.17. The molecule has 0 bridgehead atoms. The van der Waals surface area contributed by atoms with Gasteiger partial charge in [0, 0.05) is 26.2 Å². The summed E-state index contributed by atoms with van der Waals surface area (Å²) < 4.78 is 0. The van der Waals surface area contributed by atoms with E-state index >= 15 is 0 Å². The molecule has 1 heterocycles. The van der Waals surface area contributed by atoms with E-state index in [4.69, 9.17) is 0 Å². The lowest BCUT2D eigenvalue weighted by atomic mass is 9.98. The van der Waals surface area contributed by atoms with Gasteiger partial charge in [0.2, 0.25) is 0 Å². The molecule has 0 aromatic rings. The van der Waals surface area contributed by atoms with Gasteiger partial charge in [-0.05, 0) is 45.6 Å². The first kappa shape index (κ1) is 16.2. The van der Waals surface area contributed by atoms with Crippen molar-refractivity contribution in [3.63, 3.8) is 0 Å². The molecule has 0 saturated carbocycles. The highest BCUT2D eigenvalue weighted by molar-refractivity contribution is 5.89. The molecule has 1 aliphatic heterocycles. The molecule has 0 radical (unpaired) electrons. The second-order valence-electron chi connectivity index (χ2n) is 6.08. The van der Waals surface area contributed by atoms with Crippen molar-refractivity contribution in [2.24, 2.45) is 5.16 Å². The number of oxime groups is 1. The van der Waals surface area contributed by atoms with Gasteiger partial charge >= 0.3 is 0 Å². The Morgan fingerprint density at radius 2 is 1.57 bits per heavy atom. The van der Waals surface area contributed by atoms with Crippen molar-refractivity contribution in [2.75, 3.05) is 33.2 Å². The number of piperazine rings is 1. The Hall–Kier alpha value is -1.13. The average molecular weight is 291 g/mol. The number of rotatable bonds is 1. The van der Waals surface area contributed by atoms with Gasteiger partial charge in [-0.1, -0.05) is 29.5 Å². The first-order valence-corrected chi connectivity index (χ1v) is 8.24. The summed E-state index contributed by atoms with van der Waals surface area (Å²) in [4.78, 5) is 4.86. The Bertz CT molecular complexity index is 381. The minimum Gasteiger partial charge on any atom is -0.411 e. The van der Waals surface area contributed by atoms with Crippen LogP contribution in [0.1, 0.15) is 38.5 Å². The second kappa shape index (κ2) is 9.00. The van der Waals surface area contributed by atoms with Gasteiger partial charge in [0.05, 0.1) is 11.8 Å². The van der Waals surface area contributed by atoms with Crippen LogP contribution in [0, 0.1) is 0 Å². The zero-order valence-corrected chi connectivity index (χ0v) is 13.2. The SMILES string of the molecule is CN1CCN([C@H]2CC/C=C/CC/C=C/CC/C2=N\O)CC1. The Kier molecular flexibility index (Phi) is 6.96. The molecule has 0 amide bonds. The van der Waals surface area contributed by atoms with E-state index in [0.717, 1.165) is 70.4 Å². The Morgan fingerprint density at radius 3 is 2.24 bits per heavy atom. The number of allylic oxidation sites excluding steroid dienone is 4. The van der Waals surface area contributed by atoms with Gasteiger partial charge in [0.15, 0.2) is 0 Å². The van der Waals surface area contributed by atoms with Gasteiger partial charge in [0.1, 0.15) is 0 Å². The summed E-state index contributed by atoms with van der Waals surface area (Å²) in [6.07, 6.45) is 15.3. The van der Waals surface area contributed by atoms with Crippen LogP contribution in [0.25, 0.3) is 0 Å². The van der Waals surface area contributed by atoms with Crippen LogP contribution in [0.15, 0.2) is 29.5 Å². The van der Waals surface area contributed by atoms with E-state index in [0.29, 0.717) is 6.04 Å². The molecule has 1 aliphatic carbocycles. The molecule has 0 unspecified atom stereocenters. The molecule has 118 valence electrons. The van der Waals surface area contributed by atoms with E-state index in [1.54, 1.807) is 0 Å². The van der Waals surface area contributed by atoms with Crippen molar-refractivity contribution in [3.05, 3.63) is 24.3 Å². The van der Waals surface area contributed by atoms with Gasteiger partial charge in [-0.15, -0.1) is 0 Å². The molecule has 0 aromatic carbocycles. The van der Waals surface area contributed by atoms with Crippen LogP contribution in [0.4, 0.5) is 0 Å². The van der Waals surface area contributed by atoms with Gasteiger partial charge < -0.3 is 10.1 Å². The molecular formula is C17H29N3O. The fourth-order valence-corrected chi connectivity index (χ4v) is 3.13. The van der Waals surface area contributed by atoms with Gasteiger partial charge in [0.25, 0.3) is 0 Å². The van der Waals surface area contributed by atoms with E-state index in [9.17, 15) is 5.21 Å². The fourth-order valence-electron chi connectivity index (χ4n) is 3.13. The monoisotopic (exact) mass is 291 g/mol. The highest BCUT2D eigenvalue weighted by Gasteiger charge is 2.26. The van der Waals surface area contributed by atoms with Gasteiger partial charge in [-0.25, -0.2) is 0 Å². The van der Waals surface area contributed by atoms with Gasteiger partial charge in [-0.2, -0.15) is 0 Å². The predicted molar refractivity (Wildman–Crippen MR) is 88.1 cm³/mol. The molecular weight excluding hydrogens is 262 g/mol. The maximum atomic E-state index is 9.46. The summed E-state index contributed by atoms with van der Waals surface area (Å²) in [5.74, 6) is 0. The number of nitrogens with zero attached hydrogens (tertiary/aromatic N) is 3. The smallest absolute Gasteiger partial charge is 0.0745 e. The lowest BCUT2D eigenvalue weighted by Gasteiger charge is -2.38. The van der Waals surface area contributed by atoms with Crippen LogP contribution >= 0.6 is 0 Å². The average Bonchev–Trinajstić information content (AvgIpc) is 2.49. The van der Waals surface area contributed by atoms with Gasteiger partial charge in [-0.3, -0.25) is 4.90 Å². The van der Waals surface area contributed by atoms with Crippen LogP contribution < -0.4 is 0 Å². The maximum absolute atomic E-state index is 9.46. The van der Waals surface area contributed by atoms with Crippen molar-refractivity contribution < 1.29 is 5.21 Å². The normalized spacial score (nSPS) is 32.2. The Morgan fingerprint density at radius 1 is 0.952 bits per heavy atom. The molecule has 1 atom stereocenters. The summed E-state index contributed by atoms with van der Waals surface area (Å²) >= 11 is 0. The van der Waals surface area contributed by atoms with Crippen molar-refractivity contribution >= 4 is 5.71 Å². The molecule has 1 saturated heterocycles. The fraction of sp³-hybridized carbons (Fsp3) is 0.706. The lowest BCUT2D eigenvalue weighted by Crippen LogP contribution is -2.51. The zero-order chi connectivity index (χ0) is 14.9. The third kappa shape index (κ3) is 5.29. The standard InChI is InChI=1S/C17H29N3O/c1-19-12-14-20(15-13-19)17-11-9-7-5-3-2-4-6-8-10-16(17)18-21/h4-7,17,21H,2-3,8-15H2,1H3/b6-4+,7-5+,18-16+/t17-/m0/s1. The molecule has 0 aromatic heterocycles. The van der Waals surface area contributed by atoms with E-state index in [-0.39, 0.29) is 0 Å². The maximum Gasteiger partial charge on any atom is 0.0745 e. The van der Waals surface area contributed by atoms with Crippen LogP contribution in [0.5, 0.6) is 0 Å². The Labute approximate surface area is 128 Å². The van der Waals surface area contributed by atoms with E-state index < -0.39 is 0 Å². The molecule has 0 spiro atoms. The topological polar surface area (TPSA) is 39.1 Å². The molecule has 1 fully saturated rings. The quantitative estimate of drug-likeness (QED) is 0.459. The summed E-state index contributed by atoms with van der Waals surface area (Å²) in [5, 5.41) is 13.1. The summed E-state index contributed by atoms with van der Waals surface area (Å²) in [5.41, 5.74) is 0.957. The van der Waals surface area contributed by atoms with Crippen LogP contribution in [-0.4, -0.2) is 60.0 Å². The predicted octanol–water partition coefficient (Wildman–Crippen LogP) is 2.90. The van der Waals surface area contributed by atoms with Crippen LogP contribution in [-0.2, 0) is 0 Å². The molecule has 4 heteroatoms. The zero-order valence-electron chi connectivity index (χ0n) is 13.2. The summed E-state index contributed by atoms with van der Waals surface area (Å²) in [6.45, 7) is 4.34. The van der Waals surface area contributed by atoms with Crippen molar-refractivity contribution in [1.82, 2.24) is 9.80 Å². The largest absolute Gasteiger partial charge is 0.411 e. The van der Waals surface area contributed by atoms with Crippen LogP contribution in [0.2, 0.25) is 0 Å². The molecule has 21 heavy (non-hydrogen) atoms. The molecule has 2 rings (SSSR count). The van der Waals surface area contributed by atoms with E-state index in [2.05, 4.69) is 46.3 Å². The molecule has 1 N–H and O–H groups in total. The van der Waals surface area contributed by atoms with Crippen molar-refractivity contribution in [2.45, 2.75) is 44.6 Å². The second-order valence-corrected chi connectivity index (χ2v) is 6.08. The first-order chi connectivity index (χ1) is 10.3. The number of hydrogen-bond donors (Lipinski definition) is 1. The lowest BCUT2D eigenvalue weighted by molar-refractivity contribution is 0.130. The highest BCUT2D eigenvalue weighted by atomic mass is 16.4. The van der Waals surface area contributed by atoms with Crippen LogP contribution in [0.3, 0.4) is 0 Å². The number of hydrogen-bond acceptors (Lipinski definition) is 4. The minimum atomic E-state index is 0.293. The van der Waals surface area contributed by atoms with Crippen molar-refractivity contribution in [1.29, 1.82) is 0 Å². The minimum absolute atomic E-state index is 0.293. The van der Waals surface area contributed by atoms with Crippen molar-refractivity contribution in [3.8, 4) is 0 Å². The van der Waals surface area contributed by atoms with E-state index in [1.807, 2.05) is 0 Å². The molecule has 2 aliphatic rings.